The van der Waals surface area contributed by atoms with Crippen LogP contribution >= 0.6 is 0 Å². The molecule has 27 heavy (non-hydrogen) atoms. The van der Waals surface area contributed by atoms with E-state index in [0.29, 0.717) is 41.2 Å². The van der Waals surface area contributed by atoms with Gasteiger partial charge in [-0.3, -0.25) is 4.68 Å². The quantitative estimate of drug-likeness (QED) is 0.811. The van der Waals surface area contributed by atoms with E-state index >= 15 is 0 Å². The second-order valence-corrected chi connectivity index (χ2v) is 8.29. The van der Waals surface area contributed by atoms with Gasteiger partial charge in [0.1, 0.15) is 17.5 Å². The molecule has 0 bridgehead atoms. The van der Waals surface area contributed by atoms with Crippen LogP contribution in [0.3, 0.4) is 0 Å². The van der Waals surface area contributed by atoms with Gasteiger partial charge < -0.3 is 10.6 Å². The summed E-state index contributed by atoms with van der Waals surface area (Å²) < 4.78 is 1.89. The molecule has 0 aliphatic heterocycles. The molecule has 0 spiro atoms. The highest BCUT2D eigenvalue weighted by molar-refractivity contribution is 5.54. The van der Waals surface area contributed by atoms with E-state index in [4.69, 9.17) is 0 Å². The fraction of sp³-hybridized carbons (Fsp3) is 0.600. The number of rotatable bonds is 6. The van der Waals surface area contributed by atoms with Crippen molar-refractivity contribution in [2.45, 2.75) is 59.5 Å². The summed E-state index contributed by atoms with van der Waals surface area (Å²) in [5, 5.41) is 20.4. The number of hydrogen-bond acceptors (Lipinski definition) is 6. The van der Waals surface area contributed by atoms with Crippen LogP contribution in [-0.4, -0.2) is 32.3 Å². The Balaban J connectivity index is 1.64. The molecule has 2 atom stereocenters. The number of aryl methyl sites for hydroxylation is 1. The summed E-state index contributed by atoms with van der Waals surface area (Å²) in [7, 11) is 0. The molecule has 144 valence electrons. The van der Waals surface area contributed by atoms with Crippen LogP contribution < -0.4 is 10.6 Å². The Morgan fingerprint density at radius 3 is 2.81 bits per heavy atom. The number of nitrogens with zero attached hydrogens (tertiary/aromatic N) is 5. The molecule has 0 aromatic carbocycles. The van der Waals surface area contributed by atoms with Gasteiger partial charge in [0.15, 0.2) is 0 Å². The van der Waals surface area contributed by atoms with Gasteiger partial charge in [-0.25, -0.2) is 4.98 Å². The molecule has 0 amide bonds. The normalized spacial score (nSPS) is 21.4. The lowest BCUT2D eigenvalue weighted by Gasteiger charge is -2.41. The van der Waals surface area contributed by atoms with Crippen molar-refractivity contribution < 1.29 is 0 Å². The number of anilines is 2. The van der Waals surface area contributed by atoms with Crippen LogP contribution in [0, 0.1) is 29.6 Å². The lowest BCUT2D eigenvalue weighted by molar-refractivity contribution is 0.143. The van der Waals surface area contributed by atoms with E-state index in [2.05, 4.69) is 52.5 Å². The average Bonchev–Trinajstić information content (AvgIpc) is 3.03. The van der Waals surface area contributed by atoms with E-state index in [1.54, 1.807) is 6.20 Å². The predicted octanol–water partition coefficient (Wildman–Crippen LogP) is 3.59. The molecule has 1 aliphatic rings. The molecule has 2 heterocycles. The zero-order chi connectivity index (χ0) is 19.4. The minimum Gasteiger partial charge on any atom is -0.366 e. The molecule has 2 aromatic rings. The van der Waals surface area contributed by atoms with Crippen LogP contribution in [0.1, 0.15) is 51.2 Å². The summed E-state index contributed by atoms with van der Waals surface area (Å²) in [6, 6.07) is 2.53. The number of hydrogen-bond donors (Lipinski definition) is 2. The zero-order valence-corrected chi connectivity index (χ0v) is 16.7. The molecular formula is C20H29N7. The first-order chi connectivity index (χ1) is 12.9. The second kappa shape index (κ2) is 7.95. The van der Waals surface area contributed by atoms with Crippen LogP contribution in [0.25, 0.3) is 0 Å². The molecule has 7 heteroatoms. The first kappa shape index (κ1) is 19.2. The topological polar surface area (TPSA) is 91.5 Å². The molecule has 1 saturated carbocycles. The largest absolute Gasteiger partial charge is 0.366 e. The van der Waals surface area contributed by atoms with Gasteiger partial charge in [0.05, 0.1) is 18.9 Å². The van der Waals surface area contributed by atoms with Crippen LogP contribution in [0.4, 0.5) is 11.8 Å². The summed E-state index contributed by atoms with van der Waals surface area (Å²) >= 11 is 0. The summed E-state index contributed by atoms with van der Waals surface area (Å²) in [5.74, 6) is 1.86. The smallest absolute Gasteiger partial charge is 0.224 e. The molecule has 0 radical (unpaired) electrons. The molecule has 0 saturated heterocycles. The molecule has 7 nitrogen and oxygen atoms in total. The summed E-state index contributed by atoms with van der Waals surface area (Å²) in [4.78, 5) is 8.82. The van der Waals surface area contributed by atoms with Crippen LogP contribution in [0.5, 0.6) is 0 Å². The van der Waals surface area contributed by atoms with Crippen molar-refractivity contribution in [2.75, 3.05) is 17.2 Å². The number of aromatic nitrogens is 4. The van der Waals surface area contributed by atoms with E-state index in [1.165, 1.54) is 6.42 Å². The molecule has 1 aliphatic carbocycles. The Kier molecular flexibility index (Phi) is 5.64. The highest BCUT2D eigenvalue weighted by Crippen LogP contribution is 2.41. The predicted molar refractivity (Wildman–Crippen MR) is 106 cm³/mol. The highest BCUT2D eigenvalue weighted by atomic mass is 15.3. The fourth-order valence-corrected chi connectivity index (χ4v) is 3.63. The number of nitriles is 1. The van der Waals surface area contributed by atoms with Crippen molar-refractivity contribution in [3.63, 3.8) is 0 Å². The Bertz CT molecular complexity index is 818. The Labute approximate surface area is 161 Å². The highest BCUT2D eigenvalue weighted by Gasteiger charge is 2.34. The Morgan fingerprint density at radius 1 is 1.33 bits per heavy atom. The van der Waals surface area contributed by atoms with Crippen LogP contribution in [-0.2, 0) is 6.54 Å². The van der Waals surface area contributed by atoms with Gasteiger partial charge in [0.25, 0.3) is 0 Å². The van der Waals surface area contributed by atoms with Crippen molar-refractivity contribution in [3.8, 4) is 6.07 Å². The molecular weight excluding hydrogens is 338 g/mol. The SMILES string of the molecule is Cc1cnn(CCNc2ncc(C#N)c(N[C@@H]3CC[C@H](C)C(C)(C)C3)n2)c1. The van der Waals surface area contributed by atoms with Crippen molar-refractivity contribution in [3.05, 3.63) is 29.7 Å². The minimum atomic E-state index is 0.290. The molecule has 2 N–H and O–H groups in total. The van der Waals surface area contributed by atoms with E-state index in [9.17, 15) is 5.26 Å². The molecule has 1 fully saturated rings. The first-order valence-corrected chi connectivity index (χ1v) is 9.64. The van der Waals surface area contributed by atoms with Crippen LogP contribution in [0.15, 0.2) is 18.6 Å². The maximum Gasteiger partial charge on any atom is 0.224 e. The van der Waals surface area contributed by atoms with Crippen molar-refractivity contribution in [1.82, 2.24) is 19.7 Å². The first-order valence-electron chi connectivity index (χ1n) is 9.64. The summed E-state index contributed by atoms with van der Waals surface area (Å²) in [6.45, 7) is 10.4. The Hall–Kier alpha value is -2.62. The van der Waals surface area contributed by atoms with Crippen molar-refractivity contribution in [1.29, 1.82) is 5.26 Å². The second-order valence-electron chi connectivity index (χ2n) is 8.29. The van der Waals surface area contributed by atoms with Gasteiger partial charge in [0, 0.05) is 18.8 Å². The third kappa shape index (κ3) is 4.76. The van der Waals surface area contributed by atoms with Gasteiger partial charge in [-0.1, -0.05) is 20.8 Å². The van der Waals surface area contributed by atoms with E-state index in [-0.39, 0.29) is 0 Å². The minimum absolute atomic E-state index is 0.290. The van der Waals surface area contributed by atoms with Crippen molar-refractivity contribution in [2.24, 2.45) is 11.3 Å². The lowest BCUT2D eigenvalue weighted by atomic mass is 9.68. The monoisotopic (exact) mass is 367 g/mol. The zero-order valence-electron chi connectivity index (χ0n) is 16.7. The van der Waals surface area contributed by atoms with Gasteiger partial charge in [-0.2, -0.15) is 15.3 Å². The molecule has 2 aromatic heterocycles. The third-order valence-corrected chi connectivity index (χ3v) is 5.69. The van der Waals surface area contributed by atoms with Gasteiger partial charge in [-0.15, -0.1) is 0 Å². The van der Waals surface area contributed by atoms with E-state index < -0.39 is 0 Å². The maximum absolute atomic E-state index is 9.41. The fourth-order valence-electron chi connectivity index (χ4n) is 3.63. The average molecular weight is 368 g/mol. The van der Waals surface area contributed by atoms with Gasteiger partial charge >= 0.3 is 0 Å². The summed E-state index contributed by atoms with van der Waals surface area (Å²) in [5.41, 5.74) is 1.92. The lowest BCUT2D eigenvalue weighted by Crippen LogP contribution is -2.37. The standard InChI is InChI=1S/C20H29N7/c1-14-11-24-27(13-14)8-7-22-19-23-12-16(10-21)18(26-19)25-17-6-5-15(2)20(3,4)9-17/h11-13,15,17H,5-9H2,1-4H3,(H2,22,23,25,26)/t15-,17+/m0/s1. The Morgan fingerprint density at radius 2 is 2.15 bits per heavy atom. The van der Waals surface area contributed by atoms with E-state index in [1.807, 2.05) is 24.0 Å². The van der Waals surface area contributed by atoms with Crippen molar-refractivity contribution >= 4 is 11.8 Å². The molecule has 0 unspecified atom stereocenters. The third-order valence-electron chi connectivity index (χ3n) is 5.69. The van der Waals surface area contributed by atoms with Gasteiger partial charge in [0.2, 0.25) is 5.95 Å². The van der Waals surface area contributed by atoms with Crippen LogP contribution in [0.2, 0.25) is 0 Å². The number of nitrogens with one attached hydrogen (secondary N) is 2. The summed E-state index contributed by atoms with van der Waals surface area (Å²) in [6.07, 6.45) is 8.79. The maximum atomic E-state index is 9.41. The van der Waals surface area contributed by atoms with E-state index in [0.717, 1.165) is 24.9 Å². The molecule has 3 rings (SSSR count). The van der Waals surface area contributed by atoms with Gasteiger partial charge in [-0.05, 0) is 43.1 Å².